The predicted molar refractivity (Wildman–Crippen MR) is 85.4 cm³/mol. The Labute approximate surface area is 121 Å². The largest absolute Gasteiger partial charge is 0.328 e. The number of nitrogens with one attached hydrogen (secondary N) is 1. The van der Waals surface area contributed by atoms with Crippen LogP contribution in [0.3, 0.4) is 0 Å². The van der Waals surface area contributed by atoms with Crippen molar-refractivity contribution in [2.45, 2.75) is 37.5 Å². The highest BCUT2D eigenvalue weighted by Crippen LogP contribution is 2.22. The second-order valence-electron chi connectivity index (χ2n) is 5.52. The van der Waals surface area contributed by atoms with Crippen LogP contribution in [0.4, 0.5) is 0 Å². The Hall–Kier alpha value is -0.510. The third-order valence-electron chi connectivity index (χ3n) is 3.86. The van der Waals surface area contributed by atoms with Crippen molar-refractivity contribution in [1.82, 2.24) is 5.32 Å². The second-order valence-corrected chi connectivity index (χ2v) is 6.63. The Morgan fingerprint density at radius 2 is 1.84 bits per heavy atom. The summed E-state index contributed by atoms with van der Waals surface area (Å²) < 4.78 is 0. The first-order valence-corrected chi connectivity index (χ1v) is 8.58. The topological polar surface area (TPSA) is 38.0 Å². The fraction of sp³-hybridized carbons (Fsp3) is 0.625. The lowest BCUT2D eigenvalue weighted by molar-refractivity contribution is 0.317. The van der Waals surface area contributed by atoms with Crippen molar-refractivity contribution in [2.75, 3.05) is 18.8 Å². The van der Waals surface area contributed by atoms with Gasteiger partial charge in [0.25, 0.3) is 0 Å². The minimum absolute atomic E-state index is 0.470. The molecule has 3 heteroatoms. The van der Waals surface area contributed by atoms with E-state index in [0.717, 1.165) is 18.2 Å². The van der Waals surface area contributed by atoms with E-state index < -0.39 is 0 Å². The Morgan fingerprint density at radius 3 is 2.58 bits per heavy atom. The van der Waals surface area contributed by atoms with Crippen LogP contribution in [0, 0.1) is 5.92 Å². The zero-order valence-corrected chi connectivity index (χ0v) is 12.5. The highest BCUT2D eigenvalue weighted by molar-refractivity contribution is 7.98. The molecule has 2 nitrogen and oxygen atoms in total. The first-order valence-electron chi connectivity index (χ1n) is 7.42. The lowest BCUT2D eigenvalue weighted by Gasteiger charge is -2.26. The number of hydrogen-bond acceptors (Lipinski definition) is 3. The van der Waals surface area contributed by atoms with Crippen LogP contribution in [0.25, 0.3) is 0 Å². The van der Waals surface area contributed by atoms with Gasteiger partial charge in [0.05, 0.1) is 0 Å². The summed E-state index contributed by atoms with van der Waals surface area (Å²) in [6.45, 7) is 2.30. The van der Waals surface area contributed by atoms with Crippen molar-refractivity contribution in [3.8, 4) is 0 Å². The molecule has 0 aliphatic heterocycles. The van der Waals surface area contributed by atoms with Crippen LogP contribution in [-0.4, -0.2) is 24.9 Å². The lowest BCUT2D eigenvalue weighted by Crippen LogP contribution is -2.32. The van der Waals surface area contributed by atoms with E-state index in [1.54, 1.807) is 0 Å². The minimum Gasteiger partial charge on any atom is -0.328 e. The van der Waals surface area contributed by atoms with Crippen molar-refractivity contribution >= 4 is 11.8 Å². The van der Waals surface area contributed by atoms with Gasteiger partial charge in [0.2, 0.25) is 0 Å². The van der Waals surface area contributed by atoms with E-state index in [-0.39, 0.29) is 0 Å². The SMILES string of the molecule is NC1CCC(CNCCSCc2ccccc2)CC1. The molecule has 3 N–H and O–H groups in total. The molecule has 0 bridgehead atoms. The summed E-state index contributed by atoms with van der Waals surface area (Å²) in [7, 11) is 0. The summed E-state index contributed by atoms with van der Waals surface area (Å²) in [5, 5.41) is 3.59. The van der Waals surface area contributed by atoms with Gasteiger partial charge in [0, 0.05) is 24.1 Å². The molecule has 1 saturated carbocycles. The van der Waals surface area contributed by atoms with Crippen LogP contribution >= 0.6 is 11.8 Å². The van der Waals surface area contributed by atoms with Crippen molar-refractivity contribution in [3.05, 3.63) is 35.9 Å². The molecule has 0 unspecified atom stereocenters. The molecule has 0 saturated heterocycles. The third kappa shape index (κ3) is 5.98. The number of thioether (sulfide) groups is 1. The van der Waals surface area contributed by atoms with Crippen LogP contribution < -0.4 is 11.1 Å². The summed E-state index contributed by atoms with van der Waals surface area (Å²) in [6.07, 6.45) is 5.06. The summed E-state index contributed by atoms with van der Waals surface area (Å²) >= 11 is 2.01. The normalized spacial score (nSPS) is 23.4. The molecule has 2 rings (SSSR count). The van der Waals surface area contributed by atoms with Gasteiger partial charge in [-0.05, 0) is 43.7 Å². The smallest absolute Gasteiger partial charge is 0.0185 e. The van der Waals surface area contributed by atoms with Gasteiger partial charge >= 0.3 is 0 Å². The zero-order chi connectivity index (χ0) is 13.3. The van der Waals surface area contributed by atoms with Gasteiger partial charge in [-0.1, -0.05) is 30.3 Å². The van der Waals surface area contributed by atoms with E-state index in [0.29, 0.717) is 6.04 Å². The highest BCUT2D eigenvalue weighted by atomic mass is 32.2. The minimum atomic E-state index is 0.470. The van der Waals surface area contributed by atoms with E-state index >= 15 is 0 Å². The fourth-order valence-corrected chi connectivity index (χ4v) is 3.47. The van der Waals surface area contributed by atoms with E-state index in [9.17, 15) is 0 Å². The monoisotopic (exact) mass is 278 g/mol. The van der Waals surface area contributed by atoms with Gasteiger partial charge in [-0.3, -0.25) is 0 Å². The standard InChI is InChI=1S/C16H26N2S/c17-16-8-6-14(7-9-16)12-18-10-11-19-13-15-4-2-1-3-5-15/h1-5,14,16,18H,6-13,17H2. The van der Waals surface area contributed by atoms with Crippen molar-refractivity contribution in [2.24, 2.45) is 11.7 Å². The molecule has 0 aromatic heterocycles. The Balaban J connectivity index is 1.46. The molecule has 0 amide bonds. The molecule has 0 heterocycles. The molecule has 1 aromatic rings. The molecule has 1 fully saturated rings. The van der Waals surface area contributed by atoms with Crippen LogP contribution in [0.15, 0.2) is 30.3 Å². The number of rotatable bonds is 7. The average Bonchev–Trinajstić information content (AvgIpc) is 2.46. The van der Waals surface area contributed by atoms with Gasteiger partial charge < -0.3 is 11.1 Å². The lowest BCUT2D eigenvalue weighted by atomic mass is 9.86. The predicted octanol–water partition coefficient (Wildman–Crippen LogP) is 3.03. The molecule has 0 atom stereocenters. The second kappa shape index (κ2) is 8.62. The van der Waals surface area contributed by atoms with Crippen LogP contribution in [-0.2, 0) is 5.75 Å². The molecule has 106 valence electrons. The quantitative estimate of drug-likeness (QED) is 0.753. The van der Waals surface area contributed by atoms with Gasteiger partial charge in [-0.15, -0.1) is 0 Å². The highest BCUT2D eigenvalue weighted by Gasteiger charge is 2.17. The first-order chi connectivity index (χ1) is 9.34. The molecule has 0 spiro atoms. The molecular weight excluding hydrogens is 252 g/mol. The molecule has 1 aliphatic rings. The van der Waals surface area contributed by atoms with E-state index in [1.807, 2.05) is 11.8 Å². The van der Waals surface area contributed by atoms with E-state index in [4.69, 9.17) is 5.73 Å². The summed E-state index contributed by atoms with van der Waals surface area (Å²) in [5.41, 5.74) is 7.35. The molecule has 0 radical (unpaired) electrons. The Bertz CT molecular complexity index is 334. The molecule has 1 aromatic carbocycles. The van der Waals surface area contributed by atoms with Gasteiger partial charge in [0.1, 0.15) is 0 Å². The zero-order valence-electron chi connectivity index (χ0n) is 11.7. The van der Waals surface area contributed by atoms with Crippen molar-refractivity contribution in [3.63, 3.8) is 0 Å². The van der Waals surface area contributed by atoms with Crippen LogP contribution in [0.5, 0.6) is 0 Å². The van der Waals surface area contributed by atoms with Crippen molar-refractivity contribution < 1.29 is 0 Å². The fourth-order valence-electron chi connectivity index (χ4n) is 2.61. The van der Waals surface area contributed by atoms with Crippen LogP contribution in [0.1, 0.15) is 31.2 Å². The number of hydrogen-bond donors (Lipinski definition) is 2. The van der Waals surface area contributed by atoms with Gasteiger partial charge in [-0.25, -0.2) is 0 Å². The van der Waals surface area contributed by atoms with Crippen LogP contribution in [0.2, 0.25) is 0 Å². The summed E-state index contributed by atoms with van der Waals surface area (Å²) in [5.74, 6) is 3.18. The molecule has 1 aliphatic carbocycles. The van der Waals surface area contributed by atoms with Gasteiger partial charge in [0.15, 0.2) is 0 Å². The first kappa shape index (κ1) is 14.9. The summed E-state index contributed by atoms with van der Waals surface area (Å²) in [6, 6.07) is 11.2. The Kier molecular flexibility index (Phi) is 6.75. The maximum Gasteiger partial charge on any atom is 0.0185 e. The van der Waals surface area contributed by atoms with Crippen molar-refractivity contribution in [1.29, 1.82) is 0 Å². The Morgan fingerprint density at radius 1 is 1.11 bits per heavy atom. The maximum atomic E-state index is 5.92. The van der Waals surface area contributed by atoms with Gasteiger partial charge in [-0.2, -0.15) is 11.8 Å². The average molecular weight is 278 g/mol. The third-order valence-corrected chi connectivity index (χ3v) is 4.89. The molecular formula is C16H26N2S. The van der Waals surface area contributed by atoms with E-state index in [1.165, 1.54) is 43.5 Å². The summed E-state index contributed by atoms with van der Waals surface area (Å²) in [4.78, 5) is 0. The van der Waals surface area contributed by atoms with E-state index in [2.05, 4.69) is 35.6 Å². The number of benzene rings is 1. The number of nitrogens with two attached hydrogens (primary N) is 1. The molecule has 19 heavy (non-hydrogen) atoms. The maximum absolute atomic E-state index is 5.92.